The molecular weight excluding hydrogens is 339 g/mol. The van der Waals surface area contributed by atoms with Crippen molar-refractivity contribution in [3.8, 4) is 0 Å². The van der Waals surface area contributed by atoms with Crippen molar-refractivity contribution in [2.75, 3.05) is 13.2 Å². The number of fused-ring (bicyclic) bond motifs is 2. The summed E-state index contributed by atoms with van der Waals surface area (Å²) in [5.41, 5.74) is 2.54. The fourth-order valence-electron chi connectivity index (χ4n) is 4.57. The van der Waals surface area contributed by atoms with Gasteiger partial charge in [-0.15, -0.1) is 0 Å². The van der Waals surface area contributed by atoms with Gasteiger partial charge in [0.15, 0.2) is 0 Å². The van der Waals surface area contributed by atoms with Crippen LogP contribution in [0.5, 0.6) is 0 Å². The predicted molar refractivity (Wildman–Crippen MR) is 107 cm³/mol. The second kappa shape index (κ2) is 5.82. The lowest BCUT2D eigenvalue weighted by Gasteiger charge is -2.46. The number of nitrogens with one attached hydrogen (secondary N) is 1. The second-order valence-corrected chi connectivity index (χ2v) is 9.54. The molecule has 0 bridgehead atoms. The molecule has 144 valence electrons. The maximum atomic E-state index is 6.25. The molecule has 1 aromatic rings. The molecule has 3 heterocycles. The summed E-state index contributed by atoms with van der Waals surface area (Å²) in [4.78, 5) is 5.05. The van der Waals surface area contributed by atoms with Crippen molar-refractivity contribution in [1.29, 1.82) is 0 Å². The molecule has 2 saturated heterocycles. The fraction of sp³-hybridized carbons (Fsp3) is 0.667. The summed E-state index contributed by atoms with van der Waals surface area (Å²) in [7, 11) is -0.353. The van der Waals surface area contributed by atoms with Crippen molar-refractivity contribution in [3.63, 3.8) is 0 Å². The van der Waals surface area contributed by atoms with Gasteiger partial charge in [-0.1, -0.05) is 25.0 Å². The van der Waals surface area contributed by atoms with Gasteiger partial charge in [-0.25, -0.2) is 4.99 Å². The summed E-state index contributed by atoms with van der Waals surface area (Å²) in [6, 6.07) is 6.46. The van der Waals surface area contributed by atoms with Crippen LogP contribution in [0.25, 0.3) is 0 Å². The lowest BCUT2D eigenvalue weighted by molar-refractivity contribution is -0.0697. The Bertz CT molecular complexity index is 779. The van der Waals surface area contributed by atoms with Gasteiger partial charge in [-0.2, -0.15) is 0 Å². The molecule has 4 aliphatic rings. The van der Waals surface area contributed by atoms with E-state index < -0.39 is 0 Å². The van der Waals surface area contributed by atoms with Gasteiger partial charge in [0.25, 0.3) is 0 Å². The van der Waals surface area contributed by atoms with Gasteiger partial charge >= 0.3 is 7.12 Å². The minimum Gasteiger partial charge on any atom is -0.399 e. The minimum atomic E-state index is -0.353. The van der Waals surface area contributed by atoms with Crippen LogP contribution < -0.4 is 10.8 Å². The molecule has 0 unspecified atom stereocenters. The monoisotopic (exact) mass is 368 g/mol. The summed E-state index contributed by atoms with van der Waals surface area (Å²) in [6.45, 7) is 9.78. The molecule has 1 aliphatic carbocycles. The van der Waals surface area contributed by atoms with Crippen LogP contribution in [0.15, 0.2) is 23.2 Å². The van der Waals surface area contributed by atoms with Crippen LogP contribution in [0.4, 0.5) is 5.69 Å². The average molecular weight is 368 g/mol. The van der Waals surface area contributed by atoms with Crippen molar-refractivity contribution in [2.24, 2.45) is 10.9 Å². The van der Waals surface area contributed by atoms with Gasteiger partial charge in [0.2, 0.25) is 0 Å². The second-order valence-electron chi connectivity index (χ2n) is 9.54. The van der Waals surface area contributed by atoms with Crippen molar-refractivity contribution in [1.82, 2.24) is 5.32 Å². The lowest BCUT2D eigenvalue weighted by atomic mass is 9.75. The molecule has 0 amide bonds. The van der Waals surface area contributed by atoms with E-state index in [2.05, 4.69) is 51.2 Å². The van der Waals surface area contributed by atoms with E-state index in [0.717, 1.165) is 17.0 Å². The highest BCUT2D eigenvalue weighted by molar-refractivity contribution is 6.62. The highest BCUT2D eigenvalue weighted by Crippen LogP contribution is 2.42. The van der Waals surface area contributed by atoms with Gasteiger partial charge in [0, 0.05) is 11.5 Å². The Hall–Kier alpha value is -1.37. The number of benzene rings is 1. The van der Waals surface area contributed by atoms with Crippen molar-refractivity contribution in [2.45, 2.75) is 70.1 Å². The molecule has 6 heteroatoms. The summed E-state index contributed by atoms with van der Waals surface area (Å²) < 4.78 is 18.1. The summed E-state index contributed by atoms with van der Waals surface area (Å²) >= 11 is 0. The number of amidine groups is 1. The summed E-state index contributed by atoms with van der Waals surface area (Å²) in [6.07, 6.45) is 5.06. The van der Waals surface area contributed by atoms with Gasteiger partial charge in [0.05, 0.1) is 30.1 Å². The van der Waals surface area contributed by atoms with Crippen LogP contribution >= 0.6 is 0 Å². The van der Waals surface area contributed by atoms with E-state index in [1.165, 1.54) is 31.2 Å². The van der Waals surface area contributed by atoms with Crippen LogP contribution in [0.2, 0.25) is 0 Å². The number of nitrogens with zero attached hydrogens (tertiary/aromatic N) is 1. The SMILES string of the molecule is CC1(C)OB(c2ccc3c(c2)N=C(C2CCCC2)NC32COC2)OC1(C)C. The van der Waals surface area contributed by atoms with Crippen LogP contribution in [-0.2, 0) is 19.6 Å². The van der Waals surface area contributed by atoms with E-state index in [1.807, 2.05) is 0 Å². The van der Waals surface area contributed by atoms with Crippen molar-refractivity contribution in [3.05, 3.63) is 23.8 Å². The van der Waals surface area contributed by atoms with E-state index in [-0.39, 0.29) is 23.9 Å². The lowest BCUT2D eigenvalue weighted by Crippen LogP contribution is -2.61. The normalized spacial score (nSPS) is 27.9. The first-order valence-corrected chi connectivity index (χ1v) is 10.2. The minimum absolute atomic E-state index is 0.108. The molecule has 0 aromatic heterocycles. The molecular formula is C21H29BN2O3. The topological polar surface area (TPSA) is 52.1 Å². The Labute approximate surface area is 162 Å². The first-order chi connectivity index (χ1) is 12.8. The summed E-state index contributed by atoms with van der Waals surface area (Å²) in [5.74, 6) is 1.70. The standard InChI is InChI=1S/C21H29BN2O3/c1-19(2)20(3,4)27-22(26-19)15-9-10-16-17(11-15)23-18(14-7-5-6-8-14)24-21(16)12-25-13-21/h9-11,14H,5-8,12-13H2,1-4H3,(H,23,24). The molecule has 3 aliphatic heterocycles. The molecule has 0 radical (unpaired) electrons. The van der Waals surface area contributed by atoms with E-state index in [1.54, 1.807) is 0 Å². The van der Waals surface area contributed by atoms with E-state index >= 15 is 0 Å². The van der Waals surface area contributed by atoms with Gasteiger partial charge in [-0.05, 0) is 52.1 Å². The van der Waals surface area contributed by atoms with E-state index in [9.17, 15) is 0 Å². The predicted octanol–water partition coefficient (Wildman–Crippen LogP) is 3.03. The highest BCUT2D eigenvalue weighted by Gasteiger charge is 2.52. The van der Waals surface area contributed by atoms with Crippen LogP contribution in [-0.4, -0.2) is 37.4 Å². The fourth-order valence-corrected chi connectivity index (χ4v) is 4.57. The highest BCUT2D eigenvalue weighted by atomic mass is 16.7. The Morgan fingerprint density at radius 2 is 1.70 bits per heavy atom. The van der Waals surface area contributed by atoms with Crippen molar-refractivity contribution >= 4 is 24.1 Å². The number of aliphatic imine (C=N–C) groups is 1. The zero-order valence-electron chi connectivity index (χ0n) is 16.8. The van der Waals surface area contributed by atoms with Crippen molar-refractivity contribution < 1.29 is 14.0 Å². The largest absolute Gasteiger partial charge is 0.494 e. The zero-order chi connectivity index (χ0) is 18.9. The molecule has 0 atom stereocenters. The number of rotatable bonds is 2. The molecule has 27 heavy (non-hydrogen) atoms. The third-order valence-electron chi connectivity index (χ3n) is 7.11. The smallest absolute Gasteiger partial charge is 0.399 e. The van der Waals surface area contributed by atoms with Crippen LogP contribution in [0.1, 0.15) is 58.9 Å². The Kier molecular flexibility index (Phi) is 3.82. The van der Waals surface area contributed by atoms with Gasteiger partial charge in [0.1, 0.15) is 11.4 Å². The molecule has 1 N–H and O–H groups in total. The van der Waals surface area contributed by atoms with E-state index in [0.29, 0.717) is 19.1 Å². The molecule has 5 rings (SSSR count). The zero-order valence-corrected chi connectivity index (χ0v) is 16.8. The van der Waals surface area contributed by atoms with Gasteiger partial charge in [-0.3, -0.25) is 0 Å². The maximum absolute atomic E-state index is 6.25. The first-order valence-electron chi connectivity index (χ1n) is 10.2. The van der Waals surface area contributed by atoms with Crippen LogP contribution in [0.3, 0.4) is 0 Å². The quantitative estimate of drug-likeness (QED) is 0.816. The third kappa shape index (κ3) is 2.68. The maximum Gasteiger partial charge on any atom is 0.494 e. The molecule has 1 aromatic carbocycles. The average Bonchev–Trinajstić information content (AvgIpc) is 3.18. The first kappa shape index (κ1) is 17.7. The molecule has 3 fully saturated rings. The Morgan fingerprint density at radius 1 is 1.04 bits per heavy atom. The molecule has 5 nitrogen and oxygen atoms in total. The van der Waals surface area contributed by atoms with E-state index in [4.69, 9.17) is 19.0 Å². The number of hydrogen-bond acceptors (Lipinski definition) is 5. The number of hydrogen-bond donors (Lipinski definition) is 1. The Morgan fingerprint density at radius 3 is 2.30 bits per heavy atom. The number of ether oxygens (including phenoxy) is 1. The Balaban J connectivity index is 1.51. The van der Waals surface area contributed by atoms with Gasteiger partial charge < -0.3 is 19.4 Å². The summed E-state index contributed by atoms with van der Waals surface area (Å²) in [5, 5.41) is 3.74. The van der Waals surface area contributed by atoms with Crippen LogP contribution in [0, 0.1) is 5.92 Å². The molecule has 1 saturated carbocycles. The molecule has 1 spiro atoms. The third-order valence-corrected chi connectivity index (χ3v) is 7.11.